The number of para-hydroxylation sites is 1. The van der Waals surface area contributed by atoms with Crippen molar-refractivity contribution in [3.05, 3.63) is 47.2 Å². The van der Waals surface area contributed by atoms with E-state index in [0.29, 0.717) is 16.5 Å². The highest BCUT2D eigenvalue weighted by Crippen LogP contribution is 2.36. The van der Waals surface area contributed by atoms with Crippen LogP contribution in [-0.4, -0.2) is 26.0 Å². The van der Waals surface area contributed by atoms with Gasteiger partial charge in [0.05, 0.1) is 30.6 Å². The van der Waals surface area contributed by atoms with Gasteiger partial charge in [0.1, 0.15) is 22.7 Å². The van der Waals surface area contributed by atoms with Gasteiger partial charge in [-0.25, -0.2) is 4.39 Å². The molecule has 144 valence electrons. The summed E-state index contributed by atoms with van der Waals surface area (Å²) >= 11 is 6.04. The molecule has 0 unspecified atom stereocenters. The van der Waals surface area contributed by atoms with Crippen LogP contribution in [-0.2, 0) is 9.59 Å². The van der Waals surface area contributed by atoms with E-state index in [1.54, 1.807) is 6.07 Å². The Bertz CT molecular complexity index is 871. The van der Waals surface area contributed by atoms with Crippen molar-refractivity contribution in [2.24, 2.45) is 5.41 Å². The van der Waals surface area contributed by atoms with Gasteiger partial charge in [-0.15, -0.1) is 0 Å². The van der Waals surface area contributed by atoms with Crippen LogP contribution >= 0.6 is 11.6 Å². The monoisotopic (exact) mass is 394 g/mol. The van der Waals surface area contributed by atoms with E-state index in [-0.39, 0.29) is 11.4 Å². The number of benzene rings is 2. The first-order valence-corrected chi connectivity index (χ1v) is 8.37. The molecule has 2 aromatic carbocycles. The quantitative estimate of drug-likeness (QED) is 0.723. The number of rotatable bonds is 6. The average Bonchev–Trinajstić information content (AvgIpc) is 2.64. The lowest BCUT2D eigenvalue weighted by molar-refractivity contribution is -0.135. The first kappa shape index (κ1) is 20.5. The Labute approximate surface area is 161 Å². The highest BCUT2D eigenvalue weighted by molar-refractivity contribution is 6.32. The van der Waals surface area contributed by atoms with Gasteiger partial charge in [-0.05, 0) is 26.0 Å². The summed E-state index contributed by atoms with van der Waals surface area (Å²) in [6, 6.07) is 8.69. The third-order valence-corrected chi connectivity index (χ3v) is 4.27. The summed E-state index contributed by atoms with van der Waals surface area (Å²) in [5.74, 6) is -1.23. The Morgan fingerprint density at radius 2 is 1.52 bits per heavy atom. The molecule has 0 fully saturated rings. The standard InChI is InChI=1S/C19H20ClFN2O4/c1-19(2,17(24)22-13-8-6-5-7-12(13)21)18(25)23-14-10-15(26-3)11(20)9-16(14)27-4/h5-10H,1-4H3,(H,22,24)(H,23,25). The van der Waals surface area contributed by atoms with Crippen LogP contribution in [0.15, 0.2) is 36.4 Å². The number of anilines is 2. The van der Waals surface area contributed by atoms with Gasteiger partial charge >= 0.3 is 0 Å². The molecule has 0 radical (unpaired) electrons. The fourth-order valence-electron chi connectivity index (χ4n) is 2.18. The van der Waals surface area contributed by atoms with Gasteiger partial charge in [-0.2, -0.15) is 0 Å². The van der Waals surface area contributed by atoms with Crippen molar-refractivity contribution in [3.8, 4) is 11.5 Å². The Kier molecular flexibility index (Phi) is 6.28. The Morgan fingerprint density at radius 1 is 0.963 bits per heavy atom. The number of hydrogen-bond donors (Lipinski definition) is 2. The van der Waals surface area contributed by atoms with E-state index in [2.05, 4.69) is 10.6 Å². The molecule has 0 saturated carbocycles. The summed E-state index contributed by atoms with van der Waals surface area (Å²) in [5, 5.41) is 5.36. The summed E-state index contributed by atoms with van der Waals surface area (Å²) in [7, 11) is 2.86. The van der Waals surface area contributed by atoms with Crippen molar-refractivity contribution in [3.63, 3.8) is 0 Å². The zero-order chi connectivity index (χ0) is 20.2. The van der Waals surface area contributed by atoms with Crippen LogP contribution < -0.4 is 20.1 Å². The predicted molar refractivity (Wildman–Crippen MR) is 102 cm³/mol. The maximum absolute atomic E-state index is 13.7. The summed E-state index contributed by atoms with van der Waals surface area (Å²) < 4.78 is 24.1. The van der Waals surface area contributed by atoms with E-state index < -0.39 is 23.0 Å². The van der Waals surface area contributed by atoms with Crippen LogP contribution in [0, 0.1) is 11.2 Å². The molecule has 27 heavy (non-hydrogen) atoms. The van der Waals surface area contributed by atoms with Crippen molar-refractivity contribution in [2.75, 3.05) is 24.9 Å². The van der Waals surface area contributed by atoms with Gasteiger partial charge in [0.15, 0.2) is 0 Å². The Hall–Kier alpha value is -2.80. The summed E-state index contributed by atoms with van der Waals surface area (Å²) in [4.78, 5) is 25.2. The van der Waals surface area contributed by atoms with Crippen LogP contribution in [0.3, 0.4) is 0 Å². The maximum atomic E-state index is 13.7. The molecular weight excluding hydrogens is 375 g/mol. The third-order valence-electron chi connectivity index (χ3n) is 3.98. The molecule has 2 N–H and O–H groups in total. The van der Waals surface area contributed by atoms with E-state index in [1.165, 1.54) is 58.4 Å². The number of methoxy groups -OCH3 is 2. The van der Waals surface area contributed by atoms with E-state index >= 15 is 0 Å². The van der Waals surface area contributed by atoms with Gasteiger partial charge in [-0.1, -0.05) is 23.7 Å². The van der Waals surface area contributed by atoms with Gasteiger partial charge < -0.3 is 20.1 Å². The normalized spacial score (nSPS) is 10.9. The van der Waals surface area contributed by atoms with Gasteiger partial charge in [0.25, 0.3) is 0 Å². The van der Waals surface area contributed by atoms with Crippen molar-refractivity contribution in [1.29, 1.82) is 0 Å². The first-order chi connectivity index (χ1) is 12.7. The lowest BCUT2D eigenvalue weighted by Gasteiger charge is -2.23. The fourth-order valence-corrected chi connectivity index (χ4v) is 2.41. The van der Waals surface area contributed by atoms with Crippen molar-refractivity contribution >= 4 is 34.8 Å². The number of ether oxygens (including phenoxy) is 2. The molecule has 6 nitrogen and oxygen atoms in total. The largest absolute Gasteiger partial charge is 0.495 e. The average molecular weight is 395 g/mol. The molecule has 0 bridgehead atoms. The number of carbonyl (C=O) groups is 2. The molecule has 8 heteroatoms. The molecule has 2 aromatic rings. The highest BCUT2D eigenvalue weighted by Gasteiger charge is 2.37. The van der Waals surface area contributed by atoms with Gasteiger partial charge in [0.2, 0.25) is 11.8 Å². The number of hydrogen-bond acceptors (Lipinski definition) is 4. The molecule has 0 aliphatic rings. The summed E-state index contributed by atoms with van der Waals surface area (Å²) in [5.41, 5.74) is -1.22. The number of halogens is 2. The molecule has 2 amide bonds. The van der Waals surface area contributed by atoms with E-state index in [1.807, 2.05) is 0 Å². The smallest absolute Gasteiger partial charge is 0.239 e. The molecule has 0 aromatic heterocycles. The second kappa shape index (κ2) is 8.26. The minimum absolute atomic E-state index is 0.00545. The third kappa shape index (κ3) is 4.49. The van der Waals surface area contributed by atoms with Crippen LogP contribution in [0.1, 0.15) is 13.8 Å². The van der Waals surface area contributed by atoms with Crippen LogP contribution in [0.2, 0.25) is 5.02 Å². The molecule has 0 spiro atoms. The van der Waals surface area contributed by atoms with Crippen LogP contribution in [0.4, 0.5) is 15.8 Å². The topological polar surface area (TPSA) is 76.7 Å². The first-order valence-electron chi connectivity index (χ1n) is 7.99. The van der Waals surface area contributed by atoms with E-state index in [4.69, 9.17) is 21.1 Å². The molecule has 0 heterocycles. The fraction of sp³-hybridized carbons (Fsp3) is 0.263. The van der Waals surface area contributed by atoms with Gasteiger partial charge in [0, 0.05) is 12.1 Å². The second-order valence-electron chi connectivity index (χ2n) is 6.20. The second-order valence-corrected chi connectivity index (χ2v) is 6.61. The number of nitrogens with one attached hydrogen (secondary N) is 2. The molecule has 0 atom stereocenters. The molecule has 0 aliphatic heterocycles. The lowest BCUT2D eigenvalue weighted by Crippen LogP contribution is -2.41. The van der Waals surface area contributed by atoms with Crippen molar-refractivity contribution in [1.82, 2.24) is 0 Å². The predicted octanol–water partition coefficient (Wildman–Crippen LogP) is 4.10. The summed E-state index contributed by atoms with van der Waals surface area (Å²) in [6.07, 6.45) is 0. The molecule has 0 saturated heterocycles. The van der Waals surface area contributed by atoms with E-state index in [0.717, 1.165) is 0 Å². The Balaban J connectivity index is 2.23. The van der Waals surface area contributed by atoms with Crippen molar-refractivity contribution in [2.45, 2.75) is 13.8 Å². The lowest BCUT2D eigenvalue weighted by atomic mass is 9.90. The molecular formula is C19H20ClFN2O4. The van der Waals surface area contributed by atoms with Crippen molar-refractivity contribution < 1.29 is 23.5 Å². The van der Waals surface area contributed by atoms with E-state index in [9.17, 15) is 14.0 Å². The minimum Gasteiger partial charge on any atom is -0.495 e. The van der Waals surface area contributed by atoms with Crippen LogP contribution in [0.25, 0.3) is 0 Å². The SMILES string of the molecule is COc1cc(NC(=O)C(C)(C)C(=O)Nc2ccccc2F)c(OC)cc1Cl. The zero-order valence-corrected chi connectivity index (χ0v) is 16.1. The highest BCUT2D eigenvalue weighted by atomic mass is 35.5. The Morgan fingerprint density at radius 3 is 2.07 bits per heavy atom. The number of amides is 2. The summed E-state index contributed by atoms with van der Waals surface area (Å²) in [6.45, 7) is 2.86. The maximum Gasteiger partial charge on any atom is 0.239 e. The molecule has 2 rings (SSSR count). The molecule has 0 aliphatic carbocycles. The van der Waals surface area contributed by atoms with Crippen LogP contribution in [0.5, 0.6) is 11.5 Å². The van der Waals surface area contributed by atoms with Gasteiger partial charge in [-0.3, -0.25) is 9.59 Å². The number of carbonyl (C=O) groups excluding carboxylic acids is 2. The minimum atomic E-state index is -1.50. The zero-order valence-electron chi connectivity index (χ0n) is 15.4.